The summed E-state index contributed by atoms with van der Waals surface area (Å²) in [7, 11) is 0. The van der Waals surface area contributed by atoms with E-state index in [1.54, 1.807) is 41.5 Å². The van der Waals surface area contributed by atoms with Gasteiger partial charge in [0.2, 0.25) is 0 Å². The SMILES string of the molecule is CC(C)(C)OC(=O)C(C)(C(=O)OC(C)(C)C)c1ccccc1[N+](=O)[O-]. The highest BCUT2D eigenvalue weighted by atomic mass is 16.6. The van der Waals surface area contributed by atoms with Crippen LogP contribution in [-0.2, 0) is 24.5 Å². The van der Waals surface area contributed by atoms with E-state index in [9.17, 15) is 19.7 Å². The summed E-state index contributed by atoms with van der Waals surface area (Å²) in [6, 6.07) is 5.59. The molecule has 1 rings (SSSR count). The molecular formula is C18H25NO6. The number of benzene rings is 1. The Bertz CT molecular complexity index is 654. The summed E-state index contributed by atoms with van der Waals surface area (Å²) in [4.78, 5) is 36.4. The molecule has 0 amide bonds. The van der Waals surface area contributed by atoms with Gasteiger partial charge in [0.25, 0.3) is 5.69 Å². The smallest absolute Gasteiger partial charge is 0.328 e. The van der Waals surface area contributed by atoms with E-state index in [0.717, 1.165) is 0 Å². The number of nitrogens with zero attached hydrogens (tertiary/aromatic N) is 1. The van der Waals surface area contributed by atoms with Gasteiger partial charge in [-0.3, -0.25) is 19.7 Å². The predicted octanol–water partition coefficient (Wildman–Crippen LogP) is 3.54. The molecule has 1 aromatic rings. The Labute approximate surface area is 147 Å². The summed E-state index contributed by atoms with van der Waals surface area (Å²) in [5.41, 5.74) is -4.12. The van der Waals surface area contributed by atoms with Crippen molar-refractivity contribution in [3.63, 3.8) is 0 Å². The second-order valence-electron chi connectivity index (χ2n) is 7.90. The van der Waals surface area contributed by atoms with Crippen molar-refractivity contribution in [1.29, 1.82) is 0 Å². The molecule has 0 N–H and O–H groups in total. The van der Waals surface area contributed by atoms with E-state index in [1.807, 2.05) is 0 Å². The van der Waals surface area contributed by atoms with Crippen LogP contribution in [0.4, 0.5) is 5.69 Å². The Morgan fingerprint density at radius 1 is 0.880 bits per heavy atom. The van der Waals surface area contributed by atoms with Crippen molar-refractivity contribution in [1.82, 2.24) is 0 Å². The van der Waals surface area contributed by atoms with Crippen LogP contribution in [0.5, 0.6) is 0 Å². The number of nitro groups is 1. The highest BCUT2D eigenvalue weighted by Crippen LogP contribution is 2.36. The molecule has 0 unspecified atom stereocenters. The van der Waals surface area contributed by atoms with Crippen LogP contribution in [0.2, 0.25) is 0 Å². The Kier molecular flexibility index (Phi) is 5.62. The van der Waals surface area contributed by atoms with Crippen LogP contribution in [0.1, 0.15) is 54.0 Å². The largest absolute Gasteiger partial charge is 0.459 e. The minimum Gasteiger partial charge on any atom is -0.459 e. The maximum atomic E-state index is 12.8. The number of carbonyl (C=O) groups is 2. The number of nitro benzene ring substituents is 1. The fraction of sp³-hybridized carbons (Fsp3) is 0.556. The molecule has 0 spiro atoms. The minimum absolute atomic E-state index is 0.0662. The number of ether oxygens (including phenoxy) is 2. The van der Waals surface area contributed by atoms with E-state index in [4.69, 9.17) is 9.47 Å². The summed E-state index contributed by atoms with van der Waals surface area (Å²) in [6.07, 6.45) is 0. The number of carbonyl (C=O) groups excluding carboxylic acids is 2. The zero-order valence-electron chi connectivity index (χ0n) is 15.7. The molecule has 0 aromatic heterocycles. The average Bonchev–Trinajstić information content (AvgIpc) is 2.42. The Morgan fingerprint density at radius 2 is 1.28 bits per heavy atom. The predicted molar refractivity (Wildman–Crippen MR) is 92.1 cm³/mol. The van der Waals surface area contributed by atoms with E-state index in [2.05, 4.69) is 0 Å². The third-order valence-electron chi connectivity index (χ3n) is 3.25. The van der Waals surface area contributed by atoms with Gasteiger partial charge in [-0.25, -0.2) is 0 Å². The quantitative estimate of drug-likeness (QED) is 0.356. The number of esters is 2. The zero-order valence-corrected chi connectivity index (χ0v) is 15.7. The number of para-hydroxylation sites is 1. The van der Waals surface area contributed by atoms with Crippen LogP contribution in [0, 0.1) is 10.1 Å². The molecule has 25 heavy (non-hydrogen) atoms. The van der Waals surface area contributed by atoms with Crippen molar-refractivity contribution in [2.45, 2.75) is 65.1 Å². The zero-order chi connectivity index (χ0) is 19.6. The maximum Gasteiger partial charge on any atom is 0.328 e. The van der Waals surface area contributed by atoms with Gasteiger partial charge in [-0.1, -0.05) is 18.2 Å². The van der Waals surface area contributed by atoms with E-state index >= 15 is 0 Å². The van der Waals surface area contributed by atoms with Gasteiger partial charge in [-0.05, 0) is 48.5 Å². The van der Waals surface area contributed by atoms with Gasteiger partial charge in [-0.2, -0.15) is 0 Å². The number of rotatable bonds is 4. The lowest BCUT2D eigenvalue weighted by atomic mass is 9.81. The van der Waals surface area contributed by atoms with Gasteiger partial charge < -0.3 is 9.47 Å². The standard InChI is InChI=1S/C18H25NO6/c1-16(2,3)24-14(20)18(7,15(21)25-17(4,5)6)12-10-8-9-11-13(12)19(22)23/h8-11H,1-7H3. The first kappa shape index (κ1) is 20.6. The second kappa shape index (κ2) is 6.82. The molecule has 7 heteroatoms. The molecule has 0 saturated carbocycles. The monoisotopic (exact) mass is 351 g/mol. The fourth-order valence-corrected chi connectivity index (χ4v) is 2.12. The lowest BCUT2D eigenvalue weighted by Crippen LogP contribution is -2.48. The molecule has 0 fully saturated rings. The molecule has 0 aliphatic carbocycles. The molecule has 1 aromatic carbocycles. The molecule has 0 bridgehead atoms. The first-order valence-corrected chi connectivity index (χ1v) is 7.89. The van der Waals surface area contributed by atoms with Crippen molar-refractivity contribution >= 4 is 17.6 Å². The van der Waals surface area contributed by atoms with Crippen molar-refractivity contribution in [2.24, 2.45) is 0 Å². The van der Waals surface area contributed by atoms with Crippen LogP contribution in [-0.4, -0.2) is 28.1 Å². The molecule has 0 aliphatic heterocycles. The van der Waals surface area contributed by atoms with Crippen LogP contribution >= 0.6 is 0 Å². The molecule has 138 valence electrons. The van der Waals surface area contributed by atoms with Crippen molar-refractivity contribution < 1.29 is 24.0 Å². The van der Waals surface area contributed by atoms with Crippen LogP contribution in [0.25, 0.3) is 0 Å². The van der Waals surface area contributed by atoms with Crippen LogP contribution in [0.15, 0.2) is 24.3 Å². The van der Waals surface area contributed by atoms with Gasteiger partial charge in [0.05, 0.1) is 10.5 Å². The fourth-order valence-electron chi connectivity index (χ4n) is 2.12. The normalized spacial score (nSPS) is 12.4. The maximum absolute atomic E-state index is 12.8. The molecule has 0 aliphatic rings. The lowest BCUT2D eigenvalue weighted by molar-refractivity contribution is -0.386. The highest BCUT2D eigenvalue weighted by molar-refractivity contribution is 6.07. The minimum atomic E-state index is -1.97. The Hall–Kier alpha value is -2.44. The first-order valence-electron chi connectivity index (χ1n) is 7.89. The molecule has 0 atom stereocenters. The third-order valence-corrected chi connectivity index (χ3v) is 3.25. The van der Waals surface area contributed by atoms with E-state index < -0.39 is 33.5 Å². The molecule has 0 saturated heterocycles. The van der Waals surface area contributed by atoms with Gasteiger partial charge in [0.15, 0.2) is 5.41 Å². The van der Waals surface area contributed by atoms with Crippen LogP contribution < -0.4 is 0 Å². The van der Waals surface area contributed by atoms with Crippen molar-refractivity contribution in [3.05, 3.63) is 39.9 Å². The van der Waals surface area contributed by atoms with Gasteiger partial charge in [0, 0.05) is 6.07 Å². The first-order chi connectivity index (χ1) is 11.2. The topological polar surface area (TPSA) is 95.7 Å². The third kappa shape index (κ3) is 5.01. The van der Waals surface area contributed by atoms with Gasteiger partial charge in [0.1, 0.15) is 11.2 Å². The summed E-state index contributed by atoms with van der Waals surface area (Å²) in [5.74, 6) is -1.80. The van der Waals surface area contributed by atoms with E-state index in [-0.39, 0.29) is 11.3 Å². The molecule has 0 radical (unpaired) electrons. The van der Waals surface area contributed by atoms with Crippen molar-refractivity contribution in [3.8, 4) is 0 Å². The summed E-state index contributed by atoms with van der Waals surface area (Å²) in [6.45, 7) is 11.2. The average molecular weight is 351 g/mol. The highest BCUT2D eigenvalue weighted by Gasteiger charge is 2.51. The second-order valence-corrected chi connectivity index (χ2v) is 7.90. The van der Waals surface area contributed by atoms with E-state index in [1.165, 1.54) is 31.2 Å². The Morgan fingerprint density at radius 3 is 1.64 bits per heavy atom. The molecular weight excluding hydrogens is 326 g/mol. The lowest BCUT2D eigenvalue weighted by Gasteiger charge is -2.32. The van der Waals surface area contributed by atoms with Crippen molar-refractivity contribution in [2.75, 3.05) is 0 Å². The summed E-state index contributed by atoms with van der Waals surface area (Å²) in [5, 5.41) is 11.4. The van der Waals surface area contributed by atoms with E-state index in [0.29, 0.717) is 0 Å². The van der Waals surface area contributed by atoms with Gasteiger partial charge >= 0.3 is 11.9 Å². The molecule has 0 heterocycles. The number of hydrogen-bond acceptors (Lipinski definition) is 6. The Balaban J connectivity index is 3.56. The molecule has 7 nitrogen and oxygen atoms in total. The van der Waals surface area contributed by atoms with Gasteiger partial charge in [-0.15, -0.1) is 0 Å². The van der Waals surface area contributed by atoms with Crippen LogP contribution in [0.3, 0.4) is 0 Å². The summed E-state index contributed by atoms with van der Waals surface area (Å²) >= 11 is 0. The summed E-state index contributed by atoms with van der Waals surface area (Å²) < 4.78 is 10.7. The number of hydrogen-bond donors (Lipinski definition) is 0.